The molecule has 0 unspecified atom stereocenters. The molecule has 1 aromatic carbocycles. The van der Waals surface area contributed by atoms with Gasteiger partial charge in [0.1, 0.15) is 5.82 Å². The standard InChI is InChI=1S/C25H36N6O3/c1-20(32)30-14-5-15-31(17-16-30)24-9-10-26-25(28-24)27-21-7-8-22(33-2)23(19-21)34-18-6-13-29-11-3-4-12-29/h7-10,19H,3-6,11-18H2,1-2H3,(H,26,27,28). The molecule has 1 N–H and O–H groups in total. The number of methoxy groups -OCH3 is 1. The van der Waals surface area contributed by atoms with Gasteiger partial charge in [-0.15, -0.1) is 0 Å². The van der Waals surface area contributed by atoms with Crippen LogP contribution in [0, 0.1) is 0 Å². The van der Waals surface area contributed by atoms with Gasteiger partial charge >= 0.3 is 0 Å². The van der Waals surface area contributed by atoms with Crippen molar-refractivity contribution in [1.29, 1.82) is 0 Å². The van der Waals surface area contributed by atoms with Gasteiger partial charge in [-0.1, -0.05) is 0 Å². The zero-order valence-corrected chi connectivity index (χ0v) is 20.3. The van der Waals surface area contributed by atoms with Crippen LogP contribution in [-0.2, 0) is 4.79 Å². The first-order valence-electron chi connectivity index (χ1n) is 12.3. The van der Waals surface area contributed by atoms with E-state index in [4.69, 9.17) is 14.5 Å². The third-order valence-electron chi connectivity index (χ3n) is 6.40. The summed E-state index contributed by atoms with van der Waals surface area (Å²) in [7, 11) is 1.65. The highest BCUT2D eigenvalue weighted by molar-refractivity contribution is 5.73. The topological polar surface area (TPSA) is 83.1 Å². The summed E-state index contributed by atoms with van der Waals surface area (Å²) in [6, 6.07) is 7.68. The number of benzene rings is 1. The minimum Gasteiger partial charge on any atom is -0.493 e. The van der Waals surface area contributed by atoms with E-state index in [2.05, 4.69) is 20.1 Å². The predicted molar refractivity (Wildman–Crippen MR) is 133 cm³/mol. The maximum atomic E-state index is 11.7. The molecule has 2 saturated heterocycles. The van der Waals surface area contributed by atoms with Crippen LogP contribution in [0.15, 0.2) is 30.5 Å². The van der Waals surface area contributed by atoms with E-state index < -0.39 is 0 Å². The lowest BCUT2D eigenvalue weighted by Crippen LogP contribution is -2.33. The van der Waals surface area contributed by atoms with Crippen LogP contribution in [0.5, 0.6) is 11.5 Å². The molecule has 9 heteroatoms. The number of carbonyl (C=O) groups excluding carboxylic acids is 1. The third kappa shape index (κ3) is 6.50. The molecule has 0 saturated carbocycles. The summed E-state index contributed by atoms with van der Waals surface area (Å²) in [6.45, 7) is 8.86. The van der Waals surface area contributed by atoms with Gasteiger partial charge in [-0.3, -0.25) is 4.79 Å². The van der Waals surface area contributed by atoms with Gasteiger partial charge < -0.3 is 29.5 Å². The predicted octanol–water partition coefficient (Wildman–Crippen LogP) is 3.15. The first-order chi connectivity index (χ1) is 16.6. The molecule has 184 valence electrons. The number of nitrogens with zero attached hydrogens (tertiary/aromatic N) is 5. The van der Waals surface area contributed by atoms with Gasteiger partial charge in [0.25, 0.3) is 0 Å². The van der Waals surface area contributed by atoms with E-state index in [9.17, 15) is 4.79 Å². The lowest BCUT2D eigenvalue weighted by molar-refractivity contribution is -0.128. The highest BCUT2D eigenvalue weighted by atomic mass is 16.5. The van der Waals surface area contributed by atoms with Crippen molar-refractivity contribution in [3.63, 3.8) is 0 Å². The molecule has 0 atom stereocenters. The number of carbonyl (C=O) groups is 1. The van der Waals surface area contributed by atoms with Crippen molar-refractivity contribution >= 4 is 23.4 Å². The van der Waals surface area contributed by atoms with Crippen LogP contribution in [0.3, 0.4) is 0 Å². The maximum Gasteiger partial charge on any atom is 0.229 e. The summed E-state index contributed by atoms with van der Waals surface area (Å²) in [4.78, 5) is 27.4. The summed E-state index contributed by atoms with van der Waals surface area (Å²) in [5.41, 5.74) is 0.839. The van der Waals surface area contributed by atoms with E-state index in [0.717, 1.165) is 50.5 Å². The first-order valence-corrected chi connectivity index (χ1v) is 12.3. The molecule has 1 aromatic heterocycles. The number of aromatic nitrogens is 2. The molecule has 0 aliphatic carbocycles. The zero-order valence-electron chi connectivity index (χ0n) is 20.3. The molecule has 34 heavy (non-hydrogen) atoms. The summed E-state index contributed by atoms with van der Waals surface area (Å²) in [5.74, 6) is 2.92. The van der Waals surface area contributed by atoms with Crippen LogP contribution in [0.2, 0.25) is 0 Å². The van der Waals surface area contributed by atoms with Crippen molar-refractivity contribution in [3.05, 3.63) is 30.5 Å². The molecule has 9 nitrogen and oxygen atoms in total. The second kappa shape index (κ2) is 11.9. The number of hydrogen-bond acceptors (Lipinski definition) is 8. The van der Waals surface area contributed by atoms with Gasteiger partial charge in [0.15, 0.2) is 11.5 Å². The summed E-state index contributed by atoms with van der Waals surface area (Å²) >= 11 is 0. The molecule has 4 rings (SSSR count). The number of amides is 1. The molecule has 0 spiro atoms. The van der Waals surface area contributed by atoms with Gasteiger partial charge in [0, 0.05) is 57.6 Å². The lowest BCUT2D eigenvalue weighted by atomic mass is 10.2. The van der Waals surface area contributed by atoms with E-state index >= 15 is 0 Å². The fourth-order valence-electron chi connectivity index (χ4n) is 4.52. The Hall–Kier alpha value is -3.07. The van der Waals surface area contributed by atoms with Crippen molar-refractivity contribution in [1.82, 2.24) is 19.8 Å². The second-order valence-electron chi connectivity index (χ2n) is 8.83. The fourth-order valence-corrected chi connectivity index (χ4v) is 4.52. The van der Waals surface area contributed by atoms with Gasteiger partial charge in [-0.05, 0) is 57.0 Å². The molecule has 0 bridgehead atoms. The number of nitrogens with one attached hydrogen (secondary N) is 1. The monoisotopic (exact) mass is 468 g/mol. The van der Waals surface area contributed by atoms with Gasteiger partial charge in [0.2, 0.25) is 11.9 Å². The van der Waals surface area contributed by atoms with Crippen LogP contribution >= 0.6 is 0 Å². The molecule has 2 aliphatic heterocycles. The van der Waals surface area contributed by atoms with Crippen molar-refractivity contribution in [2.75, 3.05) is 69.7 Å². The van der Waals surface area contributed by atoms with Gasteiger partial charge in [0.05, 0.1) is 13.7 Å². The molecule has 3 heterocycles. The van der Waals surface area contributed by atoms with E-state index in [0.29, 0.717) is 30.6 Å². The number of ether oxygens (including phenoxy) is 2. The number of anilines is 3. The van der Waals surface area contributed by atoms with Crippen molar-refractivity contribution in [3.8, 4) is 11.5 Å². The Morgan fingerprint density at radius 3 is 2.68 bits per heavy atom. The first kappa shape index (κ1) is 24.1. The largest absolute Gasteiger partial charge is 0.493 e. The van der Waals surface area contributed by atoms with E-state index in [1.165, 1.54) is 25.9 Å². The lowest BCUT2D eigenvalue weighted by Gasteiger charge is -2.22. The minimum absolute atomic E-state index is 0.125. The zero-order chi connectivity index (χ0) is 23.8. The van der Waals surface area contributed by atoms with Crippen LogP contribution in [-0.4, -0.2) is 85.2 Å². The second-order valence-corrected chi connectivity index (χ2v) is 8.83. The number of likely N-dealkylation sites (tertiary alicyclic amines) is 1. The molecule has 1 amide bonds. The minimum atomic E-state index is 0.125. The smallest absolute Gasteiger partial charge is 0.229 e. The molecule has 2 fully saturated rings. The number of hydrogen-bond donors (Lipinski definition) is 1. The Balaban J connectivity index is 1.37. The molecular weight excluding hydrogens is 432 g/mol. The van der Waals surface area contributed by atoms with Crippen molar-refractivity contribution < 1.29 is 14.3 Å². The fraction of sp³-hybridized carbons (Fsp3) is 0.560. The summed E-state index contributed by atoms with van der Waals surface area (Å²) < 4.78 is 11.5. The van der Waals surface area contributed by atoms with Gasteiger partial charge in [-0.25, -0.2) is 4.98 Å². The maximum absolute atomic E-state index is 11.7. The summed E-state index contributed by atoms with van der Waals surface area (Å²) in [6.07, 6.45) is 6.28. The van der Waals surface area contributed by atoms with Crippen LogP contribution in [0.25, 0.3) is 0 Å². The quantitative estimate of drug-likeness (QED) is 0.562. The number of rotatable bonds is 9. The van der Waals surface area contributed by atoms with E-state index in [1.807, 2.05) is 29.2 Å². The van der Waals surface area contributed by atoms with E-state index in [1.54, 1.807) is 20.2 Å². The van der Waals surface area contributed by atoms with Gasteiger partial charge in [-0.2, -0.15) is 4.98 Å². The Kier molecular flexibility index (Phi) is 8.41. The van der Waals surface area contributed by atoms with Crippen LogP contribution in [0.1, 0.15) is 32.6 Å². The highest BCUT2D eigenvalue weighted by Gasteiger charge is 2.18. The Morgan fingerprint density at radius 2 is 1.88 bits per heavy atom. The summed E-state index contributed by atoms with van der Waals surface area (Å²) in [5, 5.41) is 3.30. The molecular formula is C25H36N6O3. The Labute approximate surface area is 202 Å². The highest BCUT2D eigenvalue weighted by Crippen LogP contribution is 2.31. The molecule has 2 aliphatic rings. The Morgan fingerprint density at radius 1 is 1.03 bits per heavy atom. The normalized spacial score (nSPS) is 16.9. The SMILES string of the molecule is COc1ccc(Nc2nccc(N3CCCN(C(C)=O)CC3)n2)cc1OCCCN1CCCC1. The van der Waals surface area contributed by atoms with E-state index in [-0.39, 0.29) is 5.91 Å². The Bertz CT molecular complexity index is 950. The molecule has 2 aromatic rings. The van der Waals surface area contributed by atoms with Crippen molar-refractivity contribution in [2.45, 2.75) is 32.6 Å². The van der Waals surface area contributed by atoms with Crippen LogP contribution in [0.4, 0.5) is 17.5 Å². The van der Waals surface area contributed by atoms with Crippen LogP contribution < -0.4 is 19.7 Å². The average molecular weight is 469 g/mol. The third-order valence-corrected chi connectivity index (χ3v) is 6.40. The average Bonchev–Trinajstić information content (AvgIpc) is 3.23. The molecule has 0 radical (unpaired) electrons. The van der Waals surface area contributed by atoms with Crippen molar-refractivity contribution in [2.24, 2.45) is 0 Å².